The van der Waals surface area contributed by atoms with Crippen LogP contribution < -0.4 is 0 Å². The normalized spacial score (nSPS) is 12.4. The number of allylic oxidation sites excluding steroid dienone is 8. The summed E-state index contributed by atoms with van der Waals surface area (Å²) >= 11 is 0. The number of hydrogen-bond acceptors (Lipinski definition) is 6. The van der Waals surface area contributed by atoms with E-state index in [1.165, 1.54) is 109 Å². The van der Waals surface area contributed by atoms with Gasteiger partial charge in [-0.3, -0.25) is 14.4 Å². The third kappa shape index (κ3) is 46.3. The fraction of sp³-hybridized carbons (Fsp3) is 0.792. The minimum absolute atomic E-state index is 0.0816. The van der Waals surface area contributed by atoms with Gasteiger partial charge >= 0.3 is 17.9 Å². The molecular weight excluding hydrogens is 733 g/mol. The first-order valence-electron chi connectivity index (χ1n) is 25.1. The Morgan fingerprint density at radius 3 is 0.966 bits per heavy atom. The summed E-state index contributed by atoms with van der Waals surface area (Å²) in [6.45, 7) is 6.56. The van der Waals surface area contributed by atoms with Crippen molar-refractivity contribution in [3.8, 4) is 0 Å². The molecule has 1 atom stereocenters. The van der Waals surface area contributed by atoms with E-state index in [4.69, 9.17) is 14.2 Å². The van der Waals surface area contributed by atoms with Crippen molar-refractivity contribution in [2.75, 3.05) is 13.2 Å². The molecular formula is C53H94O6. The zero-order chi connectivity index (χ0) is 43.0. The van der Waals surface area contributed by atoms with E-state index >= 15 is 0 Å². The maximum absolute atomic E-state index is 12.8. The molecule has 0 heterocycles. The molecule has 0 spiro atoms. The maximum Gasteiger partial charge on any atom is 0.306 e. The van der Waals surface area contributed by atoms with Crippen LogP contribution in [0.3, 0.4) is 0 Å². The van der Waals surface area contributed by atoms with Crippen molar-refractivity contribution < 1.29 is 28.6 Å². The summed E-state index contributed by atoms with van der Waals surface area (Å²) in [5.74, 6) is -0.906. The van der Waals surface area contributed by atoms with Crippen molar-refractivity contribution >= 4 is 17.9 Å². The topological polar surface area (TPSA) is 78.9 Å². The molecule has 59 heavy (non-hydrogen) atoms. The second-order valence-electron chi connectivity index (χ2n) is 16.7. The standard InChI is InChI=1S/C53H94O6/c1-4-7-10-13-16-19-22-24-26-28-31-34-37-40-43-46-52(55)58-49-50(48-57-51(54)45-42-39-36-33-30-21-18-15-12-9-6-3)59-53(56)47-44-41-38-35-32-29-27-25-23-20-17-14-11-8-5-2/h16-17,19-20,24-27,50H,4-15,18,21-23,28-49H2,1-3H3/b19-16-,20-17-,26-24-,27-25-/t50-/m1/s1. The smallest absolute Gasteiger partial charge is 0.306 e. The van der Waals surface area contributed by atoms with Gasteiger partial charge in [0.2, 0.25) is 0 Å². The highest BCUT2D eigenvalue weighted by atomic mass is 16.6. The first kappa shape index (κ1) is 56.4. The molecule has 0 aromatic carbocycles. The van der Waals surface area contributed by atoms with Crippen molar-refractivity contribution in [1.82, 2.24) is 0 Å². The summed E-state index contributed by atoms with van der Waals surface area (Å²) in [6.07, 6.45) is 56.5. The number of carbonyl (C=O) groups excluding carboxylic acids is 3. The molecule has 0 bridgehead atoms. The van der Waals surface area contributed by atoms with Gasteiger partial charge in [-0.1, -0.05) is 198 Å². The van der Waals surface area contributed by atoms with Gasteiger partial charge in [-0.15, -0.1) is 0 Å². The summed E-state index contributed by atoms with van der Waals surface area (Å²) in [5, 5.41) is 0. The Bertz CT molecular complexity index is 1040. The molecule has 0 N–H and O–H groups in total. The minimum Gasteiger partial charge on any atom is -0.462 e. The third-order valence-corrected chi connectivity index (χ3v) is 10.8. The highest BCUT2D eigenvalue weighted by molar-refractivity contribution is 5.71. The molecule has 0 aliphatic carbocycles. The number of rotatable bonds is 45. The van der Waals surface area contributed by atoms with Crippen LogP contribution in [0.15, 0.2) is 48.6 Å². The Morgan fingerprint density at radius 2 is 0.610 bits per heavy atom. The van der Waals surface area contributed by atoms with E-state index in [0.717, 1.165) is 103 Å². The van der Waals surface area contributed by atoms with E-state index in [2.05, 4.69) is 69.4 Å². The van der Waals surface area contributed by atoms with Crippen LogP contribution in [-0.4, -0.2) is 37.2 Å². The zero-order valence-electron chi connectivity index (χ0n) is 39.0. The number of ether oxygens (including phenoxy) is 3. The van der Waals surface area contributed by atoms with Gasteiger partial charge in [0.25, 0.3) is 0 Å². The van der Waals surface area contributed by atoms with Crippen LogP contribution in [0.1, 0.15) is 252 Å². The second kappa shape index (κ2) is 48.0. The van der Waals surface area contributed by atoms with Crippen LogP contribution in [0.5, 0.6) is 0 Å². The average molecular weight is 827 g/mol. The quantitative estimate of drug-likeness (QED) is 0.0263. The second-order valence-corrected chi connectivity index (χ2v) is 16.7. The van der Waals surface area contributed by atoms with E-state index in [9.17, 15) is 14.4 Å². The molecule has 0 fully saturated rings. The van der Waals surface area contributed by atoms with E-state index in [1.807, 2.05) is 0 Å². The van der Waals surface area contributed by atoms with Gasteiger partial charge < -0.3 is 14.2 Å². The summed E-state index contributed by atoms with van der Waals surface area (Å²) in [6, 6.07) is 0. The molecule has 0 aromatic rings. The third-order valence-electron chi connectivity index (χ3n) is 10.8. The SMILES string of the molecule is CCCCC/C=C\C/C=C\CCCCCCCC(=O)OC[C@@H](COC(=O)CCCCCCCCCCCCC)OC(=O)CCCCCCC/C=C\C/C=C\CCCCC. The Hall–Kier alpha value is -2.63. The number of carbonyl (C=O) groups is 3. The van der Waals surface area contributed by atoms with Gasteiger partial charge in [-0.25, -0.2) is 0 Å². The van der Waals surface area contributed by atoms with Crippen LogP contribution in [0.4, 0.5) is 0 Å². The molecule has 342 valence electrons. The summed E-state index contributed by atoms with van der Waals surface area (Å²) < 4.78 is 16.8. The summed E-state index contributed by atoms with van der Waals surface area (Å²) in [5.41, 5.74) is 0. The lowest BCUT2D eigenvalue weighted by Crippen LogP contribution is -2.30. The van der Waals surface area contributed by atoms with Crippen LogP contribution in [0.2, 0.25) is 0 Å². The molecule has 0 aliphatic heterocycles. The highest BCUT2D eigenvalue weighted by Crippen LogP contribution is 2.14. The first-order valence-corrected chi connectivity index (χ1v) is 25.1. The average Bonchev–Trinajstić information content (AvgIpc) is 3.23. The predicted molar refractivity (Wildman–Crippen MR) is 252 cm³/mol. The fourth-order valence-electron chi connectivity index (χ4n) is 6.97. The predicted octanol–water partition coefficient (Wildman–Crippen LogP) is 16.3. The molecule has 0 saturated carbocycles. The summed E-state index contributed by atoms with van der Waals surface area (Å²) in [4.78, 5) is 37.9. The first-order chi connectivity index (χ1) is 29.0. The monoisotopic (exact) mass is 827 g/mol. The van der Waals surface area contributed by atoms with E-state index < -0.39 is 6.10 Å². The van der Waals surface area contributed by atoms with Crippen molar-refractivity contribution in [1.29, 1.82) is 0 Å². The molecule has 0 aromatic heterocycles. The van der Waals surface area contributed by atoms with Gasteiger partial charge in [0.15, 0.2) is 6.10 Å². The Morgan fingerprint density at radius 1 is 0.339 bits per heavy atom. The molecule has 0 amide bonds. The zero-order valence-corrected chi connectivity index (χ0v) is 39.0. The Labute approximate surface area is 365 Å². The van der Waals surface area contributed by atoms with Gasteiger partial charge in [-0.05, 0) is 83.5 Å². The van der Waals surface area contributed by atoms with Crippen molar-refractivity contribution in [3.05, 3.63) is 48.6 Å². The summed E-state index contributed by atoms with van der Waals surface area (Å²) in [7, 11) is 0. The Balaban J connectivity index is 4.41. The van der Waals surface area contributed by atoms with Gasteiger partial charge in [0.05, 0.1) is 0 Å². The number of unbranched alkanes of at least 4 members (excludes halogenated alkanes) is 26. The molecule has 0 aliphatic rings. The van der Waals surface area contributed by atoms with Gasteiger partial charge in [-0.2, -0.15) is 0 Å². The molecule has 0 saturated heterocycles. The number of esters is 3. The number of hydrogen-bond donors (Lipinski definition) is 0. The van der Waals surface area contributed by atoms with E-state index in [0.29, 0.717) is 19.3 Å². The highest BCUT2D eigenvalue weighted by Gasteiger charge is 2.19. The fourth-order valence-corrected chi connectivity index (χ4v) is 6.97. The van der Waals surface area contributed by atoms with Crippen LogP contribution in [0.25, 0.3) is 0 Å². The lowest BCUT2D eigenvalue weighted by Gasteiger charge is -2.18. The van der Waals surface area contributed by atoms with Gasteiger partial charge in [0.1, 0.15) is 13.2 Å². The molecule has 6 heteroatoms. The van der Waals surface area contributed by atoms with Crippen LogP contribution in [0, 0.1) is 0 Å². The maximum atomic E-state index is 12.8. The van der Waals surface area contributed by atoms with Crippen molar-refractivity contribution in [2.45, 2.75) is 258 Å². The minimum atomic E-state index is -0.782. The molecule has 0 unspecified atom stereocenters. The van der Waals surface area contributed by atoms with E-state index in [-0.39, 0.29) is 31.1 Å². The molecule has 6 nitrogen and oxygen atoms in total. The molecule has 0 rings (SSSR count). The molecule has 0 radical (unpaired) electrons. The van der Waals surface area contributed by atoms with Crippen molar-refractivity contribution in [3.63, 3.8) is 0 Å². The lowest BCUT2D eigenvalue weighted by atomic mass is 10.1. The van der Waals surface area contributed by atoms with Crippen LogP contribution in [-0.2, 0) is 28.6 Å². The van der Waals surface area contributed by atoms with E-state index in [1.54, 1.807) is 0 Å². The van der Waals surface area contributed by atoms with Gasteiger partial charge in [0, 0.05) is 19.3 Å². The van der Waals surface area contributed by atoms with Crippen molar-refractivity contribution in [2.24, 2.45) is 0 Å². The Kier molecular flexibility index (Phi) is 45.9. The largest absolute Gasteiger partial charge is 0.462 e. The van der Waals surface area contributed by atoms with Crippen LogP contribution >= 0.6 is 0 Å². The lowest BCUT2D eigenvalue weighted by molar-refractivity contribution is -0.167.